The van der Waals surface area contributed by atoms with Crippen molar-refractivity contribution < 1.29 is 19.7 Å². The molecule has 0 radical (unpaired) electrons. The molecule has 0 spiro atoms. The molecule has 1 amide bonds. The van der Waals surface area contributed by atoms with Crippen LogP contribution in [0.1, 0.15) is 19.3 Å². The number of carbonyl (C=O) groups is 1. The van der Waals surface area contributed by atoms with Crippen molar-refractivity contribution in [3.05, 3.63) is 24.3 Å². The molecule has 110 valence electrons. The summed E-state index contributed by atoms with van der Waals surface area (Å²) in [6.07, 6.45) is 2.77. The van der Waals surface area contributed by atoms with Crippen LogP contribution in [0.4, 0.5) is 0 Å². The van der Waals surface area contributed by atoms with E-state index >= 15 is 0 Å². The molecule has 0 aromatic heterocycles. The highest BCUT2D eigenvalue weighted by molar-refractivity contribution is 5.78. The normalized spacial score (nSPS) is 18.9. The zero-order valence-corrected chi connectivity index (χ0v) is 11.5. The average Bonchev–Trinajstić information content (AvgIpc) is 2.47. The number of amides is 1. The molecule has 0 bridgehead atoms. The third-order valence-electron chi connectivity index (χ3n) is 3.63. The minimum atomic E-state index is -0.0732. The lowest BCUT2D eigenvalue weighted by Gasteiger charge is -2.32. The predicted molar refractivity (Wildman–Crippen MR) is 74.6 cm³/mol. The summed E-state index contributed by atoms with van der Waals surface area (Å²) in [4.78, 5) is 13.9. The highest BCUT2D eigenvalue weighted by Crippen LogP contribution is 2.24. The SMILES string of the molecule is O=C(COc1ccccc1O)N1CCCC(CCO)C1. The molecule has 1 heterocycles. The van der Waals surface area contributed by atoms with Crippen LogP contribution >= 0.6 is 0 Å². The molecule has 2 N–H and O–H groups in total. The second-order valence-electron chi connectivity index (χ2n) is 5.12. The zero-order valence-electron chi connectivity index (χ0n) is 11.5. The van der Waals surface area contributed by atoms with Gasteiger partial charge in [0, 0.05) is 19.7 Å². The summed E-state index contributed by atoms with van der Waals surface area (Å²) in [6.45, 7) is 1.53. The third kappa shape index (κ3) is 3.87. The summed E-state index contributed by atoms with van der Waals surface area (Å²) in [5, 5.41) is 18.5. The first-order valence-corrected chi connectivity index (χ1v) is 7.00. The lowest BCUT2D eigenvalue weighted by molar-refractivity contribution is -0.135. The molecule has 1 fully saturated rings. The van der Waals surface area contributed by atoms with Gasteiger partial charge in [0.2, 0.25) is 0 Å². The standard InChI is InChI=1S/C15H21NO4/c17-9-7-12-4-3-8-16(10-12)15(19)11-20-14-6-2-1-5-13(14)18/h1-2,5-6,12,17-18H,3-4,7-11H2. The van der Waals surface area contributed by atoms with Crippen LogP contribution in [-0.4, -0.2) is 47.3 Å². The number of phenolic OH excluding ortho intramolecular Hbond substituents is 1. The number of aromatic hydroxyl groups is 1. The molecule has 1 aliphatic rings. The topological polar surface area (TPSA) is 70.0 Å². The number of para-hydroxylation sites is 2. The minimum absolute atomic E-state index is 0.0390. The maximum Gasteiger partial charge on any atom is 0.260 e. The summed E-state index contributed by atoms with van der Waals surface area (Å²) < 4.78 is 5.36. The molecule has 1 aromatic carbocycles. The largest absolute Gasteiger partial charge is 0.504 e. The van der Waals surface area contributed by atoms with Gasteiger partial charge in [-0.2, -0.15) is 0 Å². The van der Waals surface area contributed by atoms with Crippen LogP contribution in [0.5, 0.6) is 11.5 Å². The number of hydrogen-bond acceptors (Lipinski definition) is 4. The number of phenols is 1. The van der Waals surface area contributed by atoms with Gasteiger partial charge in [-0.3, -0.25) is 4.79 Å². The Morgan fingerprint density at radius 3 is 2.95 bits per heavy atom. The highest BCUT2D eigenvalue weighted by atomic mass is 16.5. The number of carbonyl (C=O) groups excluding carboxylic acids is 1. The number of hydrogen-bond donors (Lipinski definition) is 2. The van der Waals surface area contributed by atoms with Gasteiger partial charge in [-0.25, -0.2) is 0 Å². The summed E-state index contributed by atoms with van der Waals surface area (Å²) in [6, 6.07) is 6.61. The van der Waals surface area contributed by atoms with E-state index in [4.69, 9.17) is 9.84 Å². The molecule has 5 heteroatoms. The molecule has 20 heavy (non-hydrogen) atoms. The average molecular weight is 279 g/mol. The Balaban J connectivity index is 1.84. The van der Waals surface area contributed by atoms with Crippen LogP contribution in [0.25, 0.3) is 0 Å². The van der Waals surface area contributed by atoms with Gasteiger partial charge < -0.3 is 19.8 Å². The predicted octanol–water partition coefficient (Wildman–Crippen LogP) is 1.39. The van der Waals surface area contributed by atoms with Crippen molar-refractivity contribution >= 4 is 5.91 Å². The maximum atomic E-state index is 12.1. The molecule has 1 atom stereocenters. The first-order valence-electron chi connectivity index (χ1n) is 7.00. The van der Waals surface area contributed by atoms with Crippen molar-refractivity contribution in [1.82, 2.24) is 4.90 Å². The molecule has 1 aliphatic heterocycles. The van der Waals surface area contributed by atoms with Crippen LogP contribution in [0, 0.1) is 5.92 Å². The Kier molecular flexibility index (Phi) is 5.24. The Hall–Kier alpha value is -1.75. The number of nitrogens with zero attached hydrogens (tertiary/aromatic N) is 1. The van der Waals surface area contributed by atoms with Gasteiger partial charge in [0.05, 0.1) is 0 Å². The van der Waals surface area contributed by atoms with Crippen LogP contribution in [0.2, 0.25) is 0 Å². The summed E-state index contributed by atoms with van der Waals surface area (Å²) in [5.41, 5.74) is 0. The summed E-state index contributed by atoms with van der Waals surface area (Å²) >= 11 is 0. The molecular weight excluding hydrogens is 258 g/mol. The summed E-state index contributed by atoms with van der Waals surface area (Å²) in [5.74, 6) is 0.667. The van der Waals surface area contributed by atoms with Crippen molar-refractivity contribution in [3.63, 3.8) is 0 Å². The van der Waals surface area contributed by atoms with Crippen molar-refractivity contribution in [2.75, 3.05) is 26.3 Å². The number of ether oxygens (including phenoxy) is 1. The van der Waals surface area contributed by atoms with Crippen LogP contribution in [0.3, 0.4) is 0 Å². The van der Waals surface area contributed by atoms with Crippen molar-refractivity contribution in [3.8, 4) is 11.5 Å². The van der Waals surface area contributed by atoms with Gasteiger partial charge in [-0.1, -0.05) is 12.1 Å². The third-order valence-corrected chi connectivity index (χ3v) is 3.63. The van der Waals surface area contributed by atoms with E-state index in [-0.39, 0.29) is 24.9 Å². The van der Waals surface area contributed by atoms with Crippen molar-refractivity contribution in [2.45, 2.75) is 19.3 Å². The second-order valence-corrected chi connectivity index (χ2v) is 5.12. The van der Waals surface area contributed by atoms with Gasteiger partial charge in [0.25, 0.3) is 5.91 Å². The van der Waals surface area contributed by atoms with Gasteiger partial charge in [-0.05, 0) is 37.3 Å². The highest BCUT2D eigenvalue weighted by Gasteiger charge is 2.23. The lowest BCUT2D eigenvalue weighted by Crippen LogP contribution is -2.42. The Labute approximate surface area is 118 Å². The van der Waals surface area contributed by atoms with E-state index < -0.39 is 0 Å². The first kappa shape index (κ1) is 14.7. The van der Waals surface area contributed by atoms with E-state index in [1.165, 1.54) is 6.07 Å². The zero-order chi connectivity index (χ0) is 14.4. The molecular formula is C15H21NO4. The second kappa shape index (κ2) is 7.14. The van der Waals surface area contributed by atoms with Crippen LogP contribution in [-0.2, 0) is 4.79 Å². The van der Waals surface area contributed by atoms with E-state index in [2.05, 4.69) is 0 Å². The minimum Gasteiger partial charge on any atom is -0.504 e. The van der Waals surface area contributed by atoms with Crippen LogP contribution in [0.15, 0.2) is 24.3 Å². The van der Waals surface area contributed by atoms with Gasteiger partial charge >= 0.3 is 0 Å². The number of piperidine rings is 1. The Morgan fingerprint density at radius 1 is 1.40 bits per heavy atom. The summed E-state index contributed by atoms with van der Waals surface area (Å²) in [7, 11) is 0. The number of aliphatic hydroxyl groups excluding tert-OH is 1. The Bertz CT molecular complexity index is 447. The van der Waals surface area contributed by atoms with E-state index in [1.807, 2.05) is 0 Å². The monoisotopic (exact) mass is 279 g/mol. The molecule has 5 nitrogen and oxygen atoms in total. The number of aliphatic hydroxyl groups is 1. The van der Waals surface area contributed by atoms with Crippen LogP contribution < -0.4 is 4.74 Å². The van der Waals surface area contributed by atoms with Gasteiger partial charge in [-0.15, -0.1) is 0 Å². The molecule has 0 aliphatic carbocycles. The lowest BCUT2D eigenvalue weighted by atomic mass is 9.95. The quantitative estimate of drug-likeness (QED) is 0.854. The molecule has 1 unspecified atom stereocenters. The molecule has 1 saturated heterocycles. The number of benzene rings is 1. The molecule has 2 rings (SSSR count). The van der Waals surface area contributed by atoms with E-state index in [9.17, 15) is 9.90 Å². The Morgan fingerprint density at radius 2 is 2.20 bits per heavy atom. The fourth-order valence-corrected chi connectivity index (χ4v) is 2.52. The number of likely N-dealkylation sites (tertiary alicyclic amines) is 1. The fourth-order valence-electron chi connectivity index (χ4n) is 2.52. The van der Waals surface area contributed by atoms with E-state index in [0.29, 0.717) is 18.2 Å². The first-order chi connectivity index (χ1) is 9.70. The van der Waals surface area contributed by atoms with Gasteiger partial charge in [0.15, 0.2) is 18.1 Å². The van der Waals surface area contributed by atoms with E-state index in [0.717, 1.165) is 25.8 Å². The maximum absolute atomic E-state index is 12.1. The molecule has 1 aromatic rings. The smallest absolute Gasteiger partial charge is 0.260 e. The molecule has 0 saturated carbocycles. The van der Waals surface area contributed by atoms with E-state index in [1.54, 1.807) is 23.1 Å². The van der Waals surface area contributed by atoms with Crippen molar-refractivity contribution in [1.29, 1.82) is 0 Å². The number of rotatable bonds is 5. The van der Waals surface area contributed by atoms with Crippen molar-refractivity contribution in [2.24, 2.45) is 5.92 Å². The van der Waals surface area contributed by atoms with Gasteiger partial charge in [0.1, 0.15) is 0 Å². The fraction of sp³-hybridized carbons (Fsp3) is 0.533.